The maximum atomic E-state index is 14.2. The van der Waals surface area contributed by atoms with Crippen molar-refractivity contribution in [2.24, 2.45) is 11.8 Å². The van der Waals surface area contributed by atoms with E-state index in [-0.39, 0.29) is 42.1 Å². The lowest BCUT2D eigenvalue weighted by Gasteiger charge is -2.23. The Kier molecular flexibility index (Phi) is 6.23. The first-order valence-corrected chi connectivity index (χ1v) is 10.3. The first-order valence-electron chi connectivity index (χ1n) is 10.3. The largest absolute Gasteiger partial charge is 0.492 e. The Labute approximate surface area is 181 Å². The van der Waals surface area contributed by atoms with Crippen LogP contribution < -0.4 is 4.74 Å². The minimum Gasteiger partial charge on any atom is -0.492 e. The summed E-state index contributed by atoms with van der Waals surface area (Å²) in [7, 11) is 0. The molecule has 0 radical (unpaired) electrons. The van der Waals surface area contributed by atoms with E-state index in [1.807, 2.05) is 0 Å². The number of carbonyl (C=O) groups excluding carboxylic acids is 3. The second-order valence-corrected chi connectivity index (χ2v) is 8.04. The van der Waals surface area contributed by atoms with E-state index in [4.69, 9.17) is 9.47 Å². The number of aryl methyl sites for hydroxylation is 1. The number of halogens is 3. The average Bonchev–Trinajstić information content (AvgIpc) is 3.27. The van der Waals surface area contributed by atoms with E-state index >= 15 is 0 Å². The molecule has 1 aliphatic heterocycles. The summed E-state index contributed by atoms with van der Waals surface area (Å²) >= 11 is 0. The summed E-state index contributed by atoms with van der Waals surface area (Å²) in [6, 6.07) is 3.11. The number of fused-ring (bicyclic) bond motifs is 1. The lowest BCUT2D eigenvalue weighted by atomic mass is 9.81. The SMILES string of the molecule is Cc1ccc2c(OCC3CCOC3)c(C(F)F)c(C(=O)C3C(=O)CCC(F)C3=O)nc2n1. The van der Waals surface area contributed by atoms with Crippen molar-refractivity contribution >= 4 is 28.4 Å². The monoisotopic (exact) mass is 450 g/mol. The van der Waals surface area contributed by atoms with E-state index in [1.165, 1.54) is 6.07 Å². The van der Waals surface area contributed by atoms with Gasteiger partial charge in [0.1, 0.15) is 17.4 Å². The molecule has 0 amide bonds. The van der Waals surface area contributed by atoms with Crippen LogP contribution in [0.2, 0.25) is 0 Å². The molecule has 170 valence electrons. The molecule has 0 aromatic carbocycles. The first-order chi connectivity index (χ1) is 15.3. The number of Topliss-reactive ketones (excluding diaryl/α,β-unsaturated/α-hetero) is 3. The standard InChI is InChI=1S/C22H21F3N2O5/c1-10-2-3-12-20(32-9-11-6-7-31-8-11)16(21(24)25)17(27-22(12)26-10)19(30)15-14(28)5-4-13(23)18(15)29/h2-3,11,13,15,21H,4-9H2,1H3. The molecule has 32 heavy (non-hydrogen) atoms. The number of nitrogens with zero attached hydrogens (tertiary/aromatic N) is 2. The molecule has 2 aromatic heterocycles. The van der Waals surface area contributed by atoms with Crippen LogP contribution in [-0.4, -0.2) is 53.3 Å². The number of ether oxygens (including phenoxy) is 2. The van der Waals surface area contributed by atoms with E-state index < -0.39 is 47.1 Å². The Hall–Kier alpha value is -2.88. The van der Waals surface area contributed by atoms with Crippen LogP contribution in [0.15, 0.2) is 12.1 Å². The summed E-state index contributed by atoms with van der Waals surface area (Å²) in [5.41, 5.74) is -1.14. The van der Waals surface area contributed by atoms with Gasteiger partial charge in [-0.05, 0) is 31.9 Å². The van der Waals surface area contributed by atoms with Crippen LogP contribution >= 0.6 is 0 Å². The maximum Gasteiger partial charge on any atom is 0.269 e. The van der Waals surface area contributed by atoms with Crippen molar-refractivity contribution < 1.29 is 37.0 Å². The fraction of sp³-hybridized carbons (Fsp3) is 0.500. The highest BCUT2D eigenvalue weighted by Gasteiger charge is 2.44. The van der Waals surface area contributed by atoms with Gasteiger partial charge in [-0.2, -0.15) is 0 Å². The summed E-state index contributed by atoms with van der Waals surface area (Å²) in [5, 5.41) is 0.172. The number of hydrogen-bond donors (Lipinski definition) is 0. The molecule has 10 heteroatoms. The number of hydrogen-bond acceptors (Lipinski definition) is 7. The molecule has 0 bridgehead atoms. The second-order valence-electron chi connectivity index (χ2n) is 8.04. The molecule has 7 nitrogen and oxygen atoms in total. The van der Waals surface area contributed by atoms with Crippen LogP contribution in [0.5, 0.6) is 5.75 Å². The second kappa shape index (κ2) is 8.93. The molecule has 3 atom stereocenters. The summed E-state index contributed by atoms with van der Waals surface area (Å²) in [6.45, 7) is 2.67. The van der Waals surface area contributed by atoms with Crippen LogP contribution in [0, 0.1) is 18.8 Å². The molecular formula is C22H21F3N2O5. The molecule has 0 spiro atoms. The number of carbonyl (C=O) groups is 3. The molecule has 2 fully saturated rings. The molecule has 3 unspecified atom stereocenters. The van der Waals surface area contributed by atoms with Gasteiger partial charge < -0.3 is 9.47 Å². The molecule has 1 saturated carbocycles. The van der Waals surface area contributed by atoms with Gasteiger partial charge in [-0.25, -0.2) is 23.1 Å². The molecule has 2 aromatic rings. The van der Waals surface area contributed by atoms with Crippen LogP contribution in [0.25, 0.3) is 11.0 Å². The third kappa shape index (κ3) is 4.11. The lowest BCUT2D eigenvalue weighted by molar-refractivity contribution is -0.137. The fourth-order valence-corrected chi connectivity index (χ4v) is 3.99. The third-order valence-electron chi connectivity index (χ3n) is 5.74. The Bertz CT molecular complexity index is 1080. The quantitative estimate of drug-likeness (QED) is 0.492. The fourth-order valence-electron chi connectivity index (χ4n) is 3.99. The maximum absolute atomic E-state index is 14.2. The van der Waals surface area contributed by atoms with Crippen molar-refractivity contribution in [2.45, 2.75) is 38.8 Å². The Balaban J connectivity index is 1.85. The van der Waals surface area contributed by atoms with Gasteiger partial charge in [0.15, 0.2) is 29.2 Å². The Morgan fingerprint density at radius 1 is 1.25 bits per heavy atom. The van der Waals surface area contributed by atoms with Crippen molar-refractivity contribution in [3.8, 4) is 5.75 Å². The van der Waals surface area contributed by atoms with Gasteiger partial charge in [-0.3, -0.25) is 14.4 Å². The van der Waals surface area contributed by atoms with Crippen LogP contribution in [0.1, 0.15) is 47.4 Å². The number of alkyl halides is 3. The van der Waals surface area contributed by atoms with Crippen LogP contribution in [0.3, 0.4) is 0 Å². The number of rotatable bonds is 6. The molecule has 4 rings (SSSR count). The highest BCUT2D eigenvalue weighted by Crippen LogP contribution is 2.39. The van der Waals surface area contributed by atoms with E-state index in [9.17, 15) is 27.6 Å². The van der Waals surface area contributed by atoms with Crippen molar-refractivity contribution in [3.05, 3.63) is 29.1 Å². The van der Waals surface area contributed by atoms with Gasteiger partial charge in [-0.15, -0.1) is 0 Å². The topological polar surface area (TPSA) is 95.5 Å². The van der Waals surface area contributed by atoms with Gasteiger partial charge in [0.05, 0.1) is 24.2 Å². The summed E-state index contributed by atoms with van der Waals surface area (Å²) in [4.78, 5) is 45.8. The van der Waals surface area contributed by atoms with Crippen molar-refractivity contribution in [1.82, 2.24) is 9.97 Å². The van der Waals surface area contributed by atoms with Crippen molar-refractivity contribution in [3.63, 3.8) is 0 Å². The van der Waals surface area contributed by atoms with Gasteiger partial charge in [0.2, 0.25) is 0 Å². The average molecular weight is 450 g/mol. The van der Waals surface area contributed by atoms with Crippen molar-refractivity contribution in [1.29, 1.82) is 0 Å². The van der Waals surface area contributed by atoms with Gasteiger partial charge in [0, 0.05) is 24.6 Å². The summed E-state index contributed by atoms with van der Waals surface area (Å²) in [5.74, 6) is -5.58. The smallest absolute Gasteiger partial charge is 0.269 e. The summed E-state index contributed by atoms with van der Waals surface area (Å²) < 4.78 is 53.4. The van der Waals surface area contributed by atoms with E-state index in [0.29, 0.717) is 25.3 Å². The number of aromatic nitrogens is 2. The Morgan fingerprint density at radius 2 is 2.03 bits per heavy atom. The molecule has 1 saturated heterocycles. The van der Waals surface area contributed by atoms with Crippen LogP contribution in [-0.2, 0) is 14.3 Å². The van der Waals surface area contributed by atoms with Gasteiger partial charge in [-0.1, -0.05) is 0 Å². The zero-order chi connectivity index (χ0) is 23.0. The van der Waals surface area contributed by atoms with E-state index in [1.54, 1.807) is 13.0 Å². The summed E-state index contributed by atoms with van der Waals surface area (Å²) in [6.07, 6.45) is -5.16. The lowest BCUT2D eigenvalue weighted by Crippen LogP contribution is -2.42. The predicted molar refractivity (Wildman–Crippen MR) is 106 cm³/mol. The normalized spacial score (nSPS) is 23.8. The van der Waals surface area contributed by atoms with Crippen LogP contribution in [0.4, 0.5) is 13.2 Å². The Morgan fingerprint density at radius 3 is 2.72 bits per heavy atom. The molecule has 2 aliphatic rings. The highest BCUT2D eigenvalue weighted by molar-refractivity contribution is 6.26. The first kappa shape index (κ1) is 22.3. The van der Waals surface area contributed by atoms with Gasteiger partial charge in [0.25, 0.3) is 6.43 Å². The van der Waals surface area contributed by atoms with E-state index in [0.717, 1.165) is 0 Å². The zero-order valence-electron chi connectivity index (χ0n) is 17.3. The zero-order valence-corrected chi connectivity index (χ0v) is 17.3. The minimum atomic E-state index is -3.20. The molecule has 3 heterocycles. The molecule has 0 N–H and O–H groups in total. The third-order valence-corrected chi connectivity index (χ3v) is 5.74. The molecule has 1 aliphatic carbocycles. The van der Waals surface area contributed by atoms with E-state index in [2.05, 4.69) is 9.97 Å². The molecular weight excluding hydrogens is 429 g/mol. The predicted octanol–water partition coefficient (Wildman–Crippen LogP) is 3.36. The minimum absolute atomic E-state index is 0.0184. The number of ketones is 3. The number of pyridine rings is 2. The highest BCUT2D eigenvalue weighted by atomic mass is 19.3. The van der Waals surface area contributed by atoms with Gasteiger partial charge >= 0.3 is 0 Å². The van der Waals surface area contributed by atoms with Crippen molar-refractivity contribution in [2.75, 3.05) is 19.8 Å².